The molecule has 1 saturated heterocycles. The van der Waals surface area contributed by atoms with E-state index in [1.807, 2.05) is 23.1 Å². The van der Waals surface area contributed by atoms with Gasteiger partial charge in [-0.2, -0.15) is 0 Å². The molecule has 4 nitrogen and oxygen atoms in total. The lowest BCUT2D eigenvalue weighted by Gasteiger charge is -2.48. The first-order chi connectivity index (χ1) is 12.6. The van der Waals surface area contributed by atoms with Crippen molar-refractivity contribution in [2.24, 2.45) is 0 Å². The van der Waals surface area contributed by atoms with Crippen LogP contribution >= 0.6 is 0 Å². The molecule has 2 aromatic carbocycles. The molecule has 1 N–H and O–H groups in total. The summed E-state index contributed by atoms with van der Waals surface area (Å²) in [4.78, 5) is 16.5. The summed E-state index contributed by atoms with van der Waals surface area (Å²) >= 11 is 0. The van der Waals surface area contributed by atoms with Crippen LogP contribution in [0.5, 0.6) is 5.75 Å². The predicted octanol–water partition coefficient (Wildman–Crippen LogP) is 3.29. The lowest BCUT2D eigenvalue weighted by atomic mass is 9.69. The number of rotatable bonds is 2. The Labute approximate surface area is 155 Å². The maximum absolute atomic E-state index is 12.1. The number of piperidine rings is 1. The number of carbonyl (C=O) groups is 1. The van der Waals surface area contributed by atoms with Crippen molar-refractivity contribution in [2.75, 3.05) is 19.6 Å². The van der Waals surface area contributed by atoms with Crippen LogP contribution in [-0.2, 0) is 23.3 Å². The van der Waals surface area contributed by atoms with E-state index in [1.165, 1.54) is 11.1 Å². The highest BCUT2D eigenvalue weighted by Crippen LogP contribution is 2.42. The normalized spacial score (nSPS) is 19.3. The second kappa shape index (κ2) is 6.76. The largest absolute Gasteiger partial charge is 0.508 e. The number of hydrogen-bond acceptors (Lipinski definition) is 3. The van der Waals surface area contributed by atoms with Gasteiger partial charge in [-0.3, -0.25) is 9.69 Å². The van der Waals surface area contributed by atoms with Gasteiger partial charge in [-0.05, 0) is 43.1 Å². The Hall–Kier alpha value is -2.33. The fourth-order valence-electron chi connectivity index (χ4n) is 4.56. The third-order valence-electron chi connectivity index (χ3n) is 6.09. The minimum Gasteiger partial charge on any atom is -0.508 e. The van der Waals surface area contributed by atoms with E-state index in [-0.39, 0.29) is 11.3 Å². The fourth-order valence-corrected chi connectivity index (χ4v) is 4.56. The van der Waals surface area contributed by atoms with Gasteiger partial charge in [0, 0.05) is 37.5 Å². The molecule has 0 unspecified atom stereocenters. The summed E-state index contributed by atoms with van der Waals surface area (Å²) < 4.78 is 0. The van der Waals surface area contributed by atoms with Crippen LogP contribution in [0.2, 0.25) is 0 Å². The zero-order valence-corrected chi connectivity index (χ0v) is 15.3. The van der Waals surface area contributed by atoms with Crippen molar-refractivity contribution in [2.45, 2.75) is 38.3 Å². The van der Waals surface area contributed by atoms with Gasteiger partial charge in [0.05, 0.1) is 0 Å². The Morgan fingerprint density at radius 2 is 1.77 bits per heavy atom. The SMILES string of the molecule is CC(=O)N1Cc2ccccc2C2(CCN(Cc3ccccc3O)CC2)C1. The van der Waals surface area contributed by atoms with Crippen molar-refractivity contribution in [3.63, 3.8) is 0 Å². The maximum Gasteiger partial charge on any atom is 0.219 e. The molecule has 2 heterocycles. The molecule has 2 aliphatic rings. The maximum atomic E-state index is 12.1. The second-order valence-electron chi connectivity index (χ2n) is 7.72. The van der Waals surface area contributed by atoms with E-state index in [4.69, 9.17) is 0 Å². The van der Waals surface area contributed by atoms with E-state index in [9.17, 15) is 9.90 Å². The summed E-state index contributed by atoms with van der Waals surface area (Å²) in [5.41, 5.74) is 3.77. The van der Waals surface area contributed by atoms with E-state index in [0.717, 1.165) is 51.1 Å². The van der Waals surface area contributed by atoms with Crippen molar-refractivity contribution in [3.05, 3.63) is 65.2 Å². The van der Waals surface area contributed by atoms with E-state index in [1.54, 1.807) is 13.0 Å². The molecule has 0 radical (unpaired) electrons. The van der Waals surface area contributed by atoms with Gasteiger partial charge in [-0.25, -0.2) is 0 Å². The Kier molecular flexibility index (Phi) is 4.45. The van der Waals surface area contributed by atoms with Crippen molar-refractivity contribution in [1.82, 2.24) is 9.80 Å². The standard InChI is InChI=1S/C22H26N2O2/c1-17(25)24-15-18-6-2-4-8-20(18)22(16-24)10-12-23(13-11-22)14-19-7-3-5-9-21(19)26/h2-9,26H,10-16H2,1H3. The Morgan fingerprint density at radius 1 is 1.08 bits per heavy atom. The minimum atomic E-state index is 0.0652. The topological polar surface area (TPSA) is 43.8 Å². The van der Waals surface area contributed by atoms with Gasteiger partial charge in [0.1, 0.15) is 5.75 Å². The van der Waals surface area contributed by atoms with Gasteiger partial charge in [0.2, 0.25) is 5.91 Å². The number of phenolic OH excluding ortho intramolecular Hbond substituents is 1. The van der Waals surface area contributed by atoms with E-state index >= 15 is 0 Å². The second-order valence-corrected chi connectivity index (χ2v) is 7.72. The highest BCUT2D eigenvalue weighted by atomic mass is 16.3. The molecule has 26 heavy (non-hydrogen) atoms. The summed E-state index contributed by atoms with van der Waals surface area (Å²) in [5, 5.41) is 10.0. The van der Waals surface area contributed by atoms with E-state index in [0.29, 0.717) is 5.75 Å². The molecule has 0 aromatic heterocycles. The van der Waals surface area contributed by atoms with Gasteiger partial charge in [0.25, 0.3) is 0 Å². The highest BCUT2D eigenvalue weighted by Gasteiger charge is 2.42. The van der Waals surface area contributed by atoms with Crippen molar-refractivity contribution >= 4 is 5.91 Å². The number of hydrogen-bond donors (Lipinski definition) is 1. The molecule has 136 valence electrons. The number of likely N-dealkylation sites (tertiary alicyclic amines) is 1. The number of aromatic hydroxyl groups is 1. The molecule has 2 aliphatic heterocycles. The lowest BCUT2D eigenvalue weighted by molar-refractivity contribution is -0.131. The Bertz CT molecular complexity index is 809. The average molecular weight is 350 g/mol. The van der Waals surface area contributed by atoms with Gasteiger partial charge >= 0.3 is 0 Å². The lowest BCUT2D eigenvalue weighted by Crippen LogP contribution is -2.52. The van der Waals surface area contributed by atoms with Crippen molar-refractivity contribution in [3.8, 4) is 5.75 Å². The van der Waals surface area contributed by atoms with Gasteiger partial charge in [0.15, 0.2) is 0 Å². The first-order valence-corrected chi connectivity index (χ1v) is 9.40. The molecule has 0 atom stereocenters. The number of benzene rings is 2. The molecule has 1 amide bonds. The van der Waals surface area contributed by atoms with Crippen LogP contribution in [0.25, 0.3) is 0 Å². The molecule has 4 rings (SSSR count). The van der Waals surface area contributed by atoms with Crippen LogP contribution in [0.1, 0.15) is 36.5 Å². The molecule has 2 aromatic rings. The zero-order chi connectivity index (χ0) is 18.1. The number of phenols is 1. The Balaban J connectivity index is 1.54. The van der Waals surface area contributed by atoms with E-state index in [2.05, 4.69) is 29.2 Å². The fraction of sp³-hybridized carbons (Fsp3) is 0.409. The summed E-state index contributed by atoms with van der Waals surface area (Å²) in [5.74, 6) is 0.536. The summed E-state index contributed by atoms with van der Waals surface area (Å²) in [7, 11) is 0. The molecule has 0 saturated carbocycles. The third-order valence-corrected chi connectivity index (χ3v) is 6.09. The third kappa shape index (κ3) is 3.10. The van der Waals surface area contributed by atoms with Crippen molar-refractivity contribution < 1.29 is 9.90 Å². The number of carbonyl (C=O) groups excluding carboxylic acids is 1. The number of para-hydroxylation sites is 1. The minimum absolute atomic E-state index is 0.0652. The predicted molar refractivity (Wildman–Crippen MR) is 102 cm³/mol. The van der Waals surface area contributed by atoms with Crippen LogP contribution in [0.4, 0.5) is 0 Å². The molecule has 0 aliphatic carbocycles. The van der Waals surface area contributed by atoms with Crippen LogP contribution < -0.4 is 0 Å². The first kappa shape index (κ1) is 17.1. The Morgan fingerprint density at radius 3 is 2.50 bits per heavy atom. The number of amides is 1. The van der Waals surface area contributed by atoms with Gasteiger partial charge in [-0.15, -0.1) is 0 Å². The first-order valence-electron chi connectivity index (χ1n) is 9.40. The summed E-state index contributed by atoms with van der Waals surface area (Å²) in [6, 6.07) is 16.2. The van der Waals surface area contributed by atoms with Crippen LogP contribution in [0.15, 0.2) is 48.5 Å². The van der Waals surface area contributed by atoms with Crippen LogP contribution in [-0.4, -0.2) is 40.4 Å². The number of nitrogens with zero attached hydrogens (tertiary/aromatic N) is 2. The number of fused-ring (bicyclic) bond motifs is 2. The smallest absolute Gasteiger partial charge is 0.219 e. The molecular weight excluding hydrogens is 324 g/mol. The van der Waals surface area contributed by atoms with E-state index < -0.39 is 0 Å². The molecule has 1 spiro atoms. The highest BCUT2D eigenvalue weighted by molar-refractivity contribution is 5.74. The average Bonchev–Trinajstić information content (AvgIpc) is 2.65. The zero-order valence-electron chi connectivity index (χ0n) is 15.3. The van der Waals surface area contributed by atoms with Crippen molar-refractivity contribution in [1.29, 1.82) is 0 Å². The monoisotopic (exact) mass is 350 g/mol. The molecular formula is C22H26N2O2. The molecule has 4 heteroatoms. The molecule has 0 bridgehead atoms. The molecule has 1 fully saturated rings. The quantitative estimate of drug-likeness (QED) is 0.904. The van der Waals surface area contributed by atoms with Crippen LogP contribution in [0.3, 0.4) is 0 Å². The van der Waals surface area contributed by atoms with Gasteiger partial charge < -0.3 is 10.0 Å². The van der Waals surface area contributed by atoms with Crippen LogP contribution in [0, 0.1) is 0 Å². The van der Waals surface area contributed by atoms with Gasteiger partial charge in [-0.1, -0.05) is 42.5 Å². The summed E-state index contributed by atoms with van der Waals surface area (Å²) in [6.07, 6.45) is 2.09. The summed E-state index contributed by atoms with van der Waals surface area (Å²) in [6.45, 7) is 5.97.